The molecule has 0 nitrogen and oxygen atoms in total. The van der Waals surface area contributed by atoms with Gasteiger partial charge >= 0.3 is 0 Å². The molecule has 0 radical (unpaired) electrons. The molecular formula is C38H66. The summed E-state index contributed by atoms with van der Waals surface area (Å²) in [6.45, 7) is 26.3. The van der Waals surface area contributed by atoms with E-state index in [4.69, 9.17) is 0 Å². The summed E-state index contributed by atoms with van der Waals surface area (Å²) in [5.74, 6) is 2.76. The van der Waals surface area contributed by atoms with Crippen molar-refractivity contribution >= 4 is 11.6 Å². The average molecular weight is 523 g/mol. The van der Waals surface area contributed by atoms with Gasteiger partial charge in [0.1, 0.15) is 0 Å². The Balaban J connectivity index is 0. The van der Waals surface area contributed by atoms with Gasteiger partial charge in [-0.15, -0.1) is 0 Å². The number of aryl methyl sites for hydroxylation is 1. The quantitative estimate of drug-likeness (QED) is 0.307. The second-order valence-electron chi connectivity index (χ2n) is 11.5. The maximum absolute atomic E-state index is 2.34. The van der Waals surface area contributed by atoms with E-state index in [1.165, 1.54) is 79.2 Å². The van der Waals surface area contributed by atoms with Gasteiger partial charge in [0.2, 0.25) is 0 Å². The van der Waals surface area contributed by atoms with Gasteiger partial charge in [-0.05, 0) is 53.4 Å². The van der Waals surface area contributed by atoms with Crippen LogP contribution in [0.15, 0.2) is 48.5 Å². The fourth-order valence-corrected chi connectivity index (χ4v) is 4.57. The first kappa shape index (κ1) is 38.3. The van der Waals surface area contributed by atoms with Crippen LogP contribution in [0.4, 0.5) is 0 Å². The highest BCUT2D eigenvalue weighted by Crippen LogP contribution is 2.31. The molecule has 2 aromatic rings. The SMILES string of the molecule is CC.CC(C)C.CCCC(C)CCC.CCCC(C)CCC.Cc1cccc(C2=Cc3ccccc3C2)c1. The molecule has 0 spiro atoms. The van der Waals surface area contributed by atoms with Crippen LogP contribution >= 0.6 is 0 Å². The molecule has 218 valence electrons. The number of rotatable bonds is 9. The van der Waals surface area contributed by atoms with E-state index >= 15 is 0 Å². The molecule has 0 aliphatic heterocycles. The van der Waals surface area contributed by atoms with Gasteiger partial charge < -0.3 is 0 Å². The first-order valence-electron chi connectivity index (χ1n) is 16.0. The summed E-state index contributed by atoms with van der Waals surface area (Å²) >= 11 is 0. The third-order valence-corrected chi connectivity index (χ3v) is 6.28. The van der Waals surface area contributed by atoms with Crippen LogP contribution in [0, 0.1) is 24.7 Å². The molecule has 0 heterocycles. The lowest BCUT2D eigenvalue weighted by atomic mass is 10.0. The normalized spacial score (nSPS) is 11.2. The highest BCUT2D eigenvalue weighted by Gasteiger charge is 2.12. The van der Waals surface area contributed by atoms with Crippen molar-refractivity contribution in [1.82, 2.24) is 0 Å². The Kier molecular flexibility index (Phi) is 25.7. The molecule has 0 atom stereocenters. The highest BCUT2D eigenvalue weighted by atomic mass is 14.2. The van der Waals surface area contributed by atoms with E-state index in [0.717, 1.165) is 24.2 Å². The lowest BCUT2D eigenvalue weighted by molar-refractivity contribution is 0.480. The molecule has 3 rings (SSSR count). The monoisotopic (exact) mass is 523 g/mol. The number of benzene rings is 2. The van der Waals surface area contributed by atoms with E-state index in [1.54, 1.807) is 0 Å². The molecule has 0 N–H and O–H groups in total. The molecule has 0 saturated heterocycles. The van der Waals surface area contributed by atoms with Crippen LogP contribution in [0.1, 0.15) is 150 Å². The fraction of sp³-hybridized carbons (Fsp3) is 0.632. The minimum Gasteiger partial charge on any atom is -0.0683 e. The van der Waals surface area contributed by atoms with Crippen LogP contribution in [-0.4, -0.2) is 0 Å². The first-order valence-corrected chi connectivity index (χ1v) is 16.0. The van der Waals surface area contributed by atoms with Crippen LogP contribution in [-0.2, 0) is 6.42 Å². The Morgan fingerprint density at radius 3 is 1.47 bits per heavy atom. The Morgan fingerprint density at radius 2 is 1.08 bits per heavy atom. The molecule has 0 fully saturated rings. The van der Waals surface area contributed by atoms with Crippen LogP contribution in [0.25, 0.3) is 11.6 Å². The van der Waals surface area contributed by atoms with Gasteiger partial charge in [-0.3, -0.25) is 0 Å². The van der Waals surface area contributed by atoms with Gasteiger partial charge in [0.05, 0.1) is 0 Å². The summed E-state index contributed by atoms with van der Waals surface area (Å²) in [5, 5.41) is 0. The number of hydrogen-bond donors (Lipinski definition) is 0. The lowest BCUT2D eigenvalue weighted by Gasteiger charge is -2.05. The average Bonchev–Trinajstić information content (AvgIpc) is 3.31. The summed E-state index contributed by atoms with van der Waals surface area (Å²) in [4.78, 5) is 0. The predicted octanol–water partition coefficient (Wildman–Crippen LogP) is 13.2. The summed E-state index contributed by atoms with van der Waals surface area (Å²) in [7, 11) is 0. The minimum absolute atomic E-state index is 0.833. The van der Waals surface area contributed by atoms with Gasteiger partial charge in [-0.2, -0.15) is 0 Å². The van der Waals surface area contributed by atoms with Crippen molar-refractivity contribution in [1.29, 1.82) is 0 Å². The van der Waals surface area contributed by atoms with Gasteiger partial charge in [-0.1, -0.05) is 188 Å². The van der Waals surface area contributed by atoms with E-state index in [2.05, 4.69) is 124 Å². The minimum atomic E-state index is 0.833. The second kappa shape index (κ2) is 25.5. The maximum Gasteiger partial charge on any atom is -0.00137 e. The van der Waals surface area contributed by atoms with Crippen molar-refractivity contribution in [2.45, 2.75) is 141 Å². The molecule has 0 saturated carbocycles. The second-order valence-corrected chi connectivity index (χ2v) is 11.5. The molecular weight excluding hydrogens is 456 g/mol. The van der Waals surface area contributed by atoms with E-state index in [9.17, 15) is 0 Å². The smallest absolute Gasteiger partial charge is 0.00137 e. The Hall–Kier alpha value is -1.82. The summed E-state index contributed by atoms with van der Waals surface area (Å²) in [6.07, 6.45) is 14.4. The van der Waals surface area contributed by atoms with Crippen LogP contribution in [0.2, 0.25) is 0 Å². The highest BCUT2D eigenvalue weighted by molar-refractivity contribution is 5.88. The van der Waals surface area contributed by atoms with Crippen molar-refractivity contribution in [3.63, 3.8) is 0 Å². The van der Waals surface area contributed by atoms with Crippen molar-refractivity contribution in [2.75, 3.05) is 0 Å². The van der Waals surface area contributed by atoms with Crippen LogP contribution in [0.5, 0.6) is 0 Å². The largest absolute Gasteiger partial charge is 0.0683 e. The molecule has 0 unspecified atom stereocenters. The van der Waals surface area contributed by atoms with Crippen molar-refractivity contribution < 1.29 is 0 Å². The van der Waals surface area contributed by atoms with E-state index in [-0.39, 0.29) is 0 Å². The lowest BCUT2D eigenvalue weighted by Crippen LogP contribution is -1.91. The fourth-order valence-electron chi connectivity index (χ4n) is 4.57. The van der Waals surface area contributed by atoms with Gasteiger partial charge in [0, 0.05) is 0 Å². The molecule has 38 heavy (non-hydrogen) atoms. The first-order chi connectivity index (χ1) is 18.2. The summed E-state index contributed by atoms with van der Waals surface area (Å²) in [5.41, 5.74) is 6.94. The molecule has 2 aromatic carbocycles. The predicted molar refractivity (Wildman–Crippen MR) is 179 cm³/mol. The van der Waals surface area contributed by atoms with E-state index in [1.807, 2.05) is 13.8 Å². The number of allylic oxidation sites excluding steroid dienone is 1. The Morgan fingerprint density at radius 1 is 0.632 bits per heavy atom. The van der Waals surface area contributed by atoms with Gasteiger partial charge in [-0.25, -0.2) is 0 Å². The third-order valence-electron chi connectivity index (χ3n) is 6.28. The van der Waals surface area contributed by atoms with E-state index < -0.39 is 0 Å². The van der Waals surface area contributed by atoms with Crippen LogP contribution < -0.4 is 0 Å². The number of fused-ring (bicyclic) bond motifs is 1. The molecule has 0 amide bonds. The standard InChI is InChI=1S/C16H14.2C8H18.C4H10.C2H6/c1-12-5-4-8-13(9-12)16-10-14-6-2-3-7-15(14)11-16;2*1-4-6-8(3)7-5-2;1-4(2)3;1-2/h2-10H,11H2,1H3;2*8H,4-7H2,1-3H3;4H,1-3H3;1-2H3. The Labute approximate surface area is 240 Å². The van der Waals surface area contributed by atoms with Gasteiger partial charge in [0.25, 0.3) is 0 Å². The molecule has 1 aliphatic carbocycles. The molecule has 0 aromatic heterocycles. The molecule has 0 heteroatoms. The zero-order valence-electron chi connectivity index (χ0n) is 27.8. The topological polar surface area (TPSA) is 0 Å². The zero-order valence-corrected chi connectivity index (χ0v) is 27.8. The summed E-state index contributed by atoms with van der Waals surface area (Å²) < 4.78 is 0. The zero-order chi connectivity index (χ0) is 29.3. The Bertz CT molecular complexity index is 782. The number of hydrogen-bond acceptors (Lipinski definition) is 0. The maximum atomic E-state index is 2.34. The molecule has 1 aliphatic rings. The van der Waals surface area contributed by atoms with Gasteiger partial charge in [0.15, 0.2) is 0 Å². The molecule has 0 bridgehead atoms. The van der Waals surface area contributed by atoms with Crippen molar-refractivity contribution in [3.05, 3.63) is 70.8 Å². The van der Waals surface area contributed by atoms with Crippen molar-refractivity contribution in [3.8, 4) is 0 Å². The third kappa shape index (κ3) is 20.2. The van der Waals surface area contributed by atoms with E-state index in [0.29, 0.717) is 0 Å². The van der Waals surface area contributed by atoms with Crippen molar-refractivity contribution in [2.24, 2.45) is 17.8 Å². The van der Waals surface area contributed by atoms with Crippen LogP contribution in [0.3, 0.4) is 0 Å². The summed E-state index contributed by atoms with van der Waals surface area (Å²) in [6, 6.07) is 17.4.